The van der Waals surface area contributed by atoms with E-state index in [4.69, 9.17) is 0 Å². The third-order valence-electron chi connectivity index (χ3n) is 5.49. The minimum atomic E-state index is -1.16. The van der Waals surface area contributed by atoms with Crippen molar-refractivity contribution < 1.29 is 15.0 Å². The molecule has 1 aliphatic carbocycles. The van der Waals surface area contributed by atoms with Crippen LogP contribution in [0.3, 0.4) is 0 Å². The van der Waals surface area contributed by atoms with Crippen molar-refractivity contribution >= 4 is 11.7 Å². The Morgan fingerprint density at radius 2 is 2.00 bits per heavy atom. The highest BCUT2D eigenvalue weighted by Gasteiger charge is 2.39. The molecule has 2 aliphatic rings. The van der Waals surface area contributed by atoms with E-state index < -0.39 is 5.97 Å². The van der Waals surface area contributed by atoms with Gasteiger partial charge in [-0.1, -0.05) is 48.6 Å². The minimum Gasteiger partial charge on any atom is -0.545 e. The number of aliphatic hydroxyl groups excluding tert-OH is 1. The molecule has 4 nitrogen and oxygen atoms in total. The number of benzene rings is 2. The lowest BCUT2D eigenvalue weighted by molar-refractivity contribution is -0.255. The summed E-state index contributed by atoms with van der Waals surface area (Å²) >= 11 is 0. The number of allylic oxidation sites excluding steroid dienone is 2. The molecule has 0 saturated carbocycles. The minimum absolute atomic E-state index is 0.0341. The van der Waals surface area contributed by atoms with Gasteiger partial charge in [0.25, 0.3) is 0 Å². The van der Waals surface area contributed by atoms with Gasteiger partial charge in [0.1, 0.15) is 0 Å². The van der Waals surface area contributed by atoms with Crippen molar-refractivity contribution in [3.8, 4) is 0 Å². The molecule has 2 N–H and O–H groups in total. The van der Waals surface area contributed by atoms with E-state index in [2.05, 4.69) is 24.4 Å². The number of nitrogens with one attached hydrogen (secondary N) is 1. The second-order valence-corrected chi connectivity index (χ2v) is 6.87. The zero-order valence-electron chi connectivity index (χ0n) is 14.0. The van der Waals surface area contributed by atoms with E-state index in [0.29, 0.717) is 5.92 Å². The summed E-state index contributed by atoms with van der Waals surface area (Å²) in [4.78, 5) is 11.0. The molecular formula is C21H20NO3-. The van der Waals surface area contributed by atoms with Gasteiger partial charge < -0.3 is 20.3 Å². The molecule has 3 atom stereocenters. The number of hydrogen-bond donors (Lipinski definition) is 2. The van der Waals surface area contributed by atoms with Crippen LogP contribution >= 0.6 is 0 Å². The zero-order chi connectivity index (χ0) is 17.6. The van der Waals surface area contributed by atoms with E-state index in [1.165, 1.54) is 5.56 Å². The number of carbonyl (C=O) groups excluding carboxylic acids is 1. The van der Waals surface area contributed by atoms with Crippen LogP contribution in [-0.2, 0) is 6.61 Å². The third kappa shape index (κ3) is 2.53. The Bertz CT molecular complexity index is 854. The molecule has 0 unspecified atom stereocenters. The van der Waals surface area contributed by atoms with Crippen molar-refractivity contribution in [2.75, 3.05) is 5.32 Å². The Morgan fingerprint density at radius 3 is 2.68 bits per heavy atom. The van der Waals surface area contributed by atoms with Crippen LogP contribution in [0.25, 0.3) is 0 Å². The van der Waals surface area contributed by atoms with Gasteiger partial charge in [-0.2, -0.15) is 0 Å². The quantitative estimate of drug-likeness (QED) is 0.847. The Hall–Kier alpha value is -2.59. The van der Waals surface area contributed by atoms with Gasteiger partial charge in [-0.05, 0) is 47.1 Å². The maximum absolute atomic E-state index is 11.0. The Kier molecular flexibility index (Phi) is 3.85. The molecule has 2 aromatic rings. The van der Waals surface area contributed by atoms with E-state index in [1.54, 1.807) is 12.1 Å². The summed E-state index contributed by atoms with van der Waals surface area (Å²) in [7, 11) is 0. The second-order valence-electron chi connectivity index (χ2n) is 6.87. The fraction of sp³-hybridized carbons (Fsp3) is 0.286. The number of carbonyl (C=O) groups is 1. The first-order valence-electron chi connectivity index (χ1n) is 8.58. The fourth-order valence-electron chi connectivity index (χ4n) is 4.23. The van der Waals surface area contributed by atoms with Crippen molar-refractivity contribution in [3.05, 3.63) is 76.4 Å². The molecule has 4 rings (SSSR count). The van der Waals surface area contributed by atoms with Gasteiger partial charge in [0.05, 0.1) is 18.6 Å². The summed E-state index contributed by atoms with van der Waals surface area (Å²) in [5, 5.41) is 24.4. The summed E-state index contributed by atoms with van der Waals surface area (Å²) in [6.45, 7) is 2.11. The van der Waals surface area contributed by atoms with Gasteiger partial charge >= 0.3 is 0 Å². The molecule has 25 heavy (non-hydrogen) atoms. The van der Waals surface area contributed by atoms with Crippen LogP contribution in [0.1, 0.15) is 51.0 Å². The molecule has 0 amide bonds. The number of anilines is 1. The van der Waals surface area contributed by atoms with Crippen molar-refractivity contribution in [2.45, 2.75) is 31.9 Å². The topological polar surface area (TPSA) is 72.4 Å². The number of rotatable bonds is 3. The summed E-state index contributed by atoms with van der Waals surface area (Å²) in [5.74, 6) is -0.533. The first kappa shape index (κ1) is 15.9. The van der Waals surface area contributed by atoms with Crippen molar-refractivity contribution in [3.63, 3.8) is 0 Å². The molecule has 0 radical (unpaired) electrons. The van der Waals surface area contributed by atoms with E-state index in [-0.39, 0.29) is 24.1 Å². The van der Waals surface area contributed by atoms with Gasteiger partial charge in [0.2, 0.25) is 0 Å². The lowest BCUT2D eigenvalue weighted by Crippen LogP contribution is -2.30. The molecule has 0 fully saturated rings. The highest BCUT2D eigenvalue weighted by molar-refractivity contribution is 5.85. The molecule has 0 saturated heterocycles. The number of aryl methyl sites for hydroxylation is 1. The van der Waals surface area contributed by atoms with E-state index in [0.717, 1.165) is 28.8 Å². The van der Waals surface area contributed by atoms with Crippen LogP contribution < -0.4 is 10.4 Å². The van der Waals surface area contributed by atoms with Crippen LogP contribution in [0, 0.1) is 12.8 Å². The summed E-state index contributed by atoms with van der Waals surface area (Å²) < 4.78 is 0. The van der Waals surface area contributed by atoms with Crippen LogP contribution in [-0.4, -0.2) is 11.1 Å². The van der Waals surface area contributed by atoms with Gasteiger partial charge in [-0.3, -0.25) is 0 Å². The van der Waals surface area contributed by atoms with E-state index in [9.17, 15) is 15.0 Å². The van der Waals surface area contributed by atoms with Crippen molar-refractivity contribution in [1.29, 1.82) is 0 Å². The monoisotopic (exact) mass is 334 g/mol. The Labute approximate surface area is 146 Å². The van der Waals surface area contributed by atoms with Crippen LogP contribution in [0.5, 0.6) is 0 Å². The maximum atomic E-state index is 11.0. The summed E-state index contributed by atoms with van der Waals surface area (Å²) in [5.41, 5.74) is 5.68. The molecule has 1 aliphatic heterocycles. The van der Waals surface area contributed by atoms with Crippen LogP contribution in [0.15, 0.2) is 48.6 Å². The largest absolute Gasteiger partial charge is 0.545 e. The smallest absolute Gasteiger partial charge is 0.0715 e. The molecule has 128 valence electrons. The Balaban J connectivity index is 1.78. The van der Waals surface area contributed by atoms with Crippen LogP contribution in [0.4, 0.5) is 5.69 Å². The van der Waals surface area contributed by atoms with Gasteiger partial charge in [0.15, 0.2) is 0 Å². The van der Waals surface area contributed by atoms with Gasteiger partial charge in [-0.15, -0.1) is 0 Å². The lowest BCUT2D eigenvalue weighted by Gasteiger charge is -2.39. The Morgan fingerprint density at radius 1 is 1.24 bits per heavy atom. The second kappa shape index (κ2) is 6.05. The van der Waals surface area contributed by atoms with E-state index >= 15 is 0 Å². The normalized spacial score (nSPS) is 23.7. The maximum Gasteiger partial charge on any atom is 0.0715 e. The molecule has 0 spiro atoms. The highest BCUT2D eigenvalue weighted by Crippen LogP contribution is 2.51. The predicted molar refractivity (Wildman–Crippen MR) is 94.2 cm³/mol. The molecular weight excluding hydrogens is 314 g/mol. The lowest BCUT2D eigenvalue weighted by atomic mass is 9.75. The standard InChI is InChI=1S/C21H21NO3/c1-12-5-6-15(11-23)18-16-3-2-4-17(16)20(22-19(12)18)13-7-9-14(10-8-13)21(24)25/h2-3,5-10,16-17,20,22-23H,4,11H2,1H3,(H,24,25)/p-1/t16-,17+,20-/m1/s1. The molecule has 0 aromatic heterocycles. The average molecular weight is 334 g/mol. The molecule has 1 heterocycles. The number of aromatic carboxylic acids is 1. The van der Waals surface area contributed by atoms with Crippen LogP contribution in [0.2, 0.25) is 0 Å². The SMILES string of the molecule is Cc1ccc(CO)c2c1N[C@H](c1ccc(C(=O)[O-])cc1)[C@H]1CC=C[C@@H]21. The number of hydrogen-bond acceptors (Lipinski definition) is 4. The molecule has 2 aromatic carbocycles. The predicted octanol–water partition coefficient (Wildman–Crippen LogP) is 2.68. The number of carboxylic acids is 1. The first-order valence-corrected chi connectivity index (χ1v) is 8.58. The first-order chi connectivity index (χ1) is 12.1. The van der Waals surface area contributed by atoms with Crippen molar-refractivity contribution in [2.24, 2.45) is 5.92 Å². The fourth-order valence-corrected chi connectivity index (χ4v) is 4.23. The number of carboxylic acid groups (broad SMARTS) is 1. The summed E-state index contributed by atoms with van der Waals surface area (Å²) in [6.07, 6.45) is 5.41. The van der Waals surface area contributed by atoms with Gasteiger partial charge in [0, 0.05) is 11.6 Å². The molecule has 4 heteroatoms. The van der Waals surface area contributed by atoms with Gasteiger partial charge in [-0.25, -0.2) is 0 Å². The number of aliphatic hydroxyl groups is 1. The average Bonchev–Trinajstić information content (AvgIpc) is 3.11. The highest BCUT2D eigenvalue weighted by atomic mass is 16.4. The van der Waals surface area contributed by atoms with E-state index in [1.807, 2.05) is 24.3 Å². The molecule has 0 bridgehead atoms. The summed E-state index contributed by atoms with van der Waals surface area (Å²) in [6, 6.07) is 11.1. The third-order valence-corrected chi connectivity index (χ3v) is 5.49. The zero-order valence-corrected chi connectivity index (χ0v) is 14.0. The van der Waals surface area contributed by atoms with Crippen molar-refractivity contribution in [1.82, 2.24) is 0 Å². The number of fused-ring (bicyclic) bond motifs is 3.